The summed E-state index contributed by atoms with van der Waals surface area (Å²) in [5.41, 5.74) is 0. The number of hydrogen-bond donors (Lipinski definition) is 0. The van der Waals surface area contributed by atoms with E-state index in [0.29, 0.717) is 17.4 Å². The zero-order valence-electron chi connectivity index (χ0n) is 47.3. The lowest BCUT2D eigenvalue weighted by Gasteiger charge is -2.26. The molecule has 416 valence electrons. The summed E-state index contributed by atoms with van der Waals surface area (Å²) in [6.45, 7) is 4.62. The number of carbonyl (C=O) groups is 3. The minimum absolute atomic E-state index is 0.144. The van der Waals surface area contributed by atoms with Gasteiger partial charge in [-0.2, -0.15) is 0 Å². The molecule has 0 saturated heterocycles. The third-order valence-electron chi connectivity index (χ3n) is 12.7. The number of carboxylic acids is 1. The molecule has 0 aliphatic carbocycles. The van der Waals surface area contributed by atoms with Crippen LogP contribution in [0.2, 0.25) is 0 Å². The van der Waals surface area contributed by atoms with Gasteiger partial charge < -0.3 is 33.3 Å². The van der Waals surface area contributed by atoms with E-state index >= 15 is 0 Å². The monoisotopic (exact) mass is 1010 g/mol. The van der Waals surface area contributed by atoms with Crippen molar-refractivity contribution in [2.45, 2.75) is 264 Å². The van der Waals surface area contributed by atoms with Gasteiger partial charge in [0.2, 0.25) is 0 Å². The minimum Gasteiger partial charge on any atom is -0.545 e. The van der Waals surface area contributed by atoms with E-state index in [-0.39, 0.29) is 38.6 Å². The molecule has 2 atom stereocenters. The van der Waals surface area contributed by atoms with Gasteiger partial charge in [-0.3, -0.25) is 9.59 Å². The van der Waals surface area contributed by atoms with E-state index in [1.165, 1.54) is 135 Å². The van der Waals surface area contributed by atoms with E-state index in [1.54, 1.807) is 0 Å². The third kappa shape index (κ3) is 54.5. The Morgan fingerprint density at radius 1 is 0.431 bits per heavy atom. The van der Waals surface area contributed by atoms with Gasteiger partial charge in [-0.05, 0) is 83.5 Å². The molecule has 0 rings (SSSR count). The number of allylic oxidation sites excluding steroid dienone is 12. The number of unbranched alkanes of at least 4 members (excludes halogenated alkanes) is 27. The SMILES string of the molecule is CC/C=C\C/C=C\C/C=C\C/C=C\CCCCCCCCCCCCCCCCCCCCC(=O)OC(COC(=O)CCCCCCC/C=C\C/C=C\CCCCCC)COC(OCC[N+](C)(C)C)C(=O)[O-]. The Bertz CT molecular complexity index is 1410. The molecule has 0 radical (unpaired) electrons. The number of quaternary nitrogens is 1. The van der Waals surface area contributed by atoms with Gasteiger partial charge in [0.1, 0.15) is 13.2 Å². The van der Waals surface area contributed by atoms with Crippen molar-refractivity contribution in [1.82, 2.24) is 0 Å². The van der Waals surface area contributed by atoms with Gasteiger partial charge in [0, 0.05) is 12.8 Å². The summed E-state index contributed by atoms with van der Waals surface area (Å²) in [4.78, 5) is 37.3. The normalized spacial score (nSPS) is 13.3. The second-order valence-electron chi connectivity index (χ2n) is 20.9. The molecule has 9 heteroatoms. The molecule has 9 nitrogen and oxygen atoms in total. The Morgan fingerprint density at radius 2 is 0.792 bits per heavy atom. The van der Waals surface area contributed by atoms with Crippen LogP contribution in [0.5, 0.6) is 0 Å². The minimum atomic E-state index is -1.63. The number of ether oxygens (including phenoxy) is 4. The van der Waals surface area contributed by atoms with Crippen molar-refractivity contribution in [3.05, 3.63) is 72.9 Å². The number of likely N-dealkylation sites (N-methyl/N-ethyl adjacent to an activating group) is 1. The first-order valence-corrected chi connectivity index (χ1v) is 29.6. The summed E-state index contributed by atoms with van der Waals surface area (Å²) in [6, 6.07) is 0. The Hall–Kier alpha value is -3.27. The molecule has 0 saturated carbocycles. The van der Waals surface area contributed by atoms with Gasteiger partial charge in [0.25, 0.3) is 0 Å². The van der Waals surface area contributed by atoms with Gasteiger partial charge in [-0.15, -0.1) is 0 Å². The molecule has 0 aromatic carbocycles. The van der Waals surface area contributed by atoms with Crippen molar-refractivity contribution < 1.29 is 42.9 Å². The van der Waals surface area contributed by atoms with Crippen LogP contribution in [0.15, 0.2) is 72.9 Å². The first-order valence-electron chi connectivity index (χ1n) is 29.6. The number of carboxylic acid groups (broad SMARTS) is 1. The predicted molar refractivity (Wildman–Crippen MR) is 301 cm³/mol. The Kier molecular flexibility index (Phi) is 51.6. The summed E-state index contributed by atoms with van der Waals surface area (Å²) >= 11 is 0. The van der Waals surface area contributed by atoms with Crippen LogP contribution in [0.3, 0.4) is 0 Å². The summed E-state index contributed by atoms with van der Waals surface area (Å²) in [6.07, 6.45) is 66.7. The van der Waals surface area contributed by atoms with Crippen molar-refractivity contribution in [3.8, 4) is 0 Å². The molecule has 0 heterocycles. The van der Waals surface area contributed by atoms with Gasteiger partial charge >= 0.3 is 11.9 Å². The molecule has 0 spiro atoms. The van der Waals surface area contributed by atoms with Crippen molar-refractivity contribution in [2.24, 2.45) is 0 Å². The lowest BCUT2D eigenvalue weighted by molar-refractivity contribution is -0.870. The van der Waals surface area contributed by atoms with Crippen LogP contribution in [0, 0.1) is 0 Å². The topological polar surface area (TPSA) is 111 Å². The second kappa shape index (κ2) is 54.0. The molecule has 0 amide bonds. The van der Waals surface area contributed by atoms with Crippen molar-refractivity contribution >= 4 is 17.9 Å². The number of nitrogens with zero attached hydrogens (tertiary/aromatic N) is 1. The van der Waals surface area contributed by atoms with Crippen LogP contribution < -0.4 is 5.11 Å². The van der Waals surface area contributed by atoms with Crippen LogP contribution in [-0.4, -0.2) is 82.3 Å². The average molecular weight is 1010 g/mol. The lowest BCUT2D eigenvalue weighted by atomic mass is 10.0. The highest BCUT2D eigenvalue weighted by molar-refractivity contribution is 5.70. The number of aliphatic carboxylic acids is 1. The van der Waals surface area contributed by atoms with Crippen molar-refractivity contribution in [2.75, 3.05) is 47.5 Å². The van der Waals surface area contributed by atoms with E-state index in [2.05, 4.69) is 86.8 Å². The van der Waals surface area contributed by atoms with Gasteiger partial charge in [-0.1, -0.05) is 228 Å². The number of hydrogen-bond acceptors (Lipinski definition) is 8. The van der Waals surface area contributed by atoms with Crippen LogP contribution in [-0.2, 0) is 33.3 Å². The van der Waals surface area contributed by atoms with Gasteiger partial charge in [-0.25, -0.2) is 0 Å². The van der Waals surface area contributed by atoms with Crippen LogP contribution in [0.1, 0.15) is 251 Å². The van der Waals surface area contributed by atoms with E-state index in [9.17, 15) is 19.5 Å². The zero-order valence-corrected chi connectivity index (χ0v) is 47.3. The highest BCUT2D eigenvalue weighted by Gasteiger charge is 2.22. The summed E-state index contributed by atoms with van der Waals surface area (Å²) in [7, 11) is 5.92. The molecule has 0 aromatic heterocycles. The van der Waals surface area contributed by atoms with E-state index in [1.807, 2.05) is 21.1 Å². The molecular formula is C63H111NO8. The fourth-order valence-electron chi connectivity index (χ4n) is 8.15. The van der Waals surface area contributed by atoms with E-state index < -0.39 is 24.3 Å². The quantitative estimate of drug-likeness (QED) is 0.0195. The Labute approximate surface area is 443 Å². The first-order chi connectivity index (χ1) is 35.1. The number of carbonyl (C=O) groups excluding carboxylic acids is 3. The fraction of sp³-hybridized carbons (Fsp3) is 0.762. The maximum absolute atomic E-state index is 12.9. The molecule has 0 aliphatic heterocycles. The van der Waals surface area contributed by atoms with E-state index in [0.717, 1.165) is 83.5 Å². The van der Waals surface area contributed by atoms with Crippen LogP contribution in [0.4, 0.5) is 0 Å². The van der Waals surface area contributed by atoms with Crippen LogP contribution in [0.25, 0.3) is 0 Å². The summed E-state index contributed by atoms with van der Waals surface area (Å²) < 4.78 is 22.7. The Balaban J connectivity index is 4.15. The highest BCUT2D eigenvalue weighted by atomic mass is 16.7. The first kappa shape index (κ1) is 68.7. The third-order valence-corrected chi connectivity index (χ3v) is 12.7. The van der Waals surface area contributed by atoms with Gasteiger partial charge in [0.15, 0.2) is 12.4 Å². The second-order valence-corrected chi connectivity index (χ2v) is 20.9. The smallest absolute Gasteiger partial charge is 0.306 e. The fourth-order valence-corrected chi connectivity index (χ4v) is 8.15. The molecule has 0 aliphatic rings. The summed E-state index contributed by atoms with van der Waals surface area (Å²) in [5, 5.41) is 11.8. The van der Waals surface area contributed by atoms with Crippen molar-refractivity contribution in [1.29, 1.82) is 0 Å². The molecular weight excluding hydrogens is 899 g/mol. The maximum Gasteiger partial charge on any atom is 0.306 e. The molecule has 0 N–H and O–H groups in total. The number of esters is 2. The standard InChI is InChI=1S/C63H111NO8/c1-6-8-10-12-14-16-18-20-22-24-25-26-27-28-29-30-31-32-33-34-35-36-37-38-40-42-44-46-48-50-52-54-61(66)72-59(58-71-63(62(67)68)69-56-55-64(3,4)5)57-70-60(65)53-51-49-47-45-43-41-39-23-21-19-17-15-13-11-9-7-2/h8,10,14,16-17,19-20,22-23,25-26,39,59,63H,6-7,9,11-13,15,18,21,24,27-38,40-58H2,1-5H3/b10-8-,16-14-,19-17-,22-20-,26-25-,39-23-. The highest BCUT2D eigenvalue weighted by Crippen LogP contribution is 2.16. The molecule has 0 aromatic rings. The van der Waals surface area contributed by atoms with Crippen LogP contribution >= 0.6 is 0 Å². The zero-order chi connectivity index (χ0) is 52.7. The predicted octanol–water partition coefficient (Wildman–Crippen LogP) is 16.1. The van der Waals surface area contributed by atoms with Gasteiger partial charge in [0.05, 0.1) is 40.3 Å². The maximum atomic E-state index is 12.9. The molecule has 0 bridgehead atoms. The Morgan fingerprint density at radius 3 is 1.18 bits per heavy atom. The summed E-state index contributed by atoms with van der Waals surface area (Å²) in [5.74, 6) is -2.30. The average Bonchev–Trinajstić information content (AvgIpc) is 3.35. The lowest BCUT2D eigenvalue weighted by Crippen LogP contribution is -2.44. The van der Waals surface area contributed by atoms with Crippen molar-refractivity contribution in [3.63, 3.8) is 0 Å². The largest absolute Gasteiger partial charge is 0.545 e. The number of rotatable bonds is 54. The molecule has 2 unspecified atom stereocenters. The van der Waals surface area contributed by atoms with E-state index in [4.69, 9.17) is 18.9 Å². The molecule has 0 fully saturated rings. The molecule has 72 heavy (non-hydrogen) atoms.